The third-order valence-corrected chi connectivity index (χ3v) is 8.57. The molecule has 2 aliphatic heterocycles. The van der Waals surface area contributed by atoms with Crippen molar-refractivity contribution in [2.75, 3.05) is 29.4 Å². The molecule has 6 nitrogen and oxygen atoms in total. The molecule has 182 valence electrons. The van der Waals surface area contributed by atoms with Crippen molar-refractivity contribution in [3.63, 3.8) is 0 Å². The molecule has 0 bridgehead atoms. The Morgan fingerprint density at radius 2 is 1.71 bits per heavy atom. The summed E-state index contributed by atoms with van der Waals surface area (Å²) in [6.45, 7) is 2.61. The highest BCUT2D eigenvalue weighted by atomic mass is 32.2. The monoisotopic (exact) mass is 494 g/mol. The molecule has 0 N–H and O–H groups in total. The highest BCUT2D eigenvalue weighted by molar-refractivity contribution is 7.93. The van der Waals surface area contributed by atoms with Crippen molar-refractivity contribution < 1.29 is 22.3 Å². The molecule has 0 saturated carbocycles. The second kappa shape index (κ2) is 9.00. The SMILES string of the molecule is COc1ccc(C(=O)N2CCCc3cc(F)cc(C)c32)cc1S(=O)(=O)N1CCCc2ccccc21. The largest absolute Gasteiger partial charge is 0.495 e. The number of aryl methyl sites for hydroxylation is 3. The minimum absolute atomic E-state index is 0.0457. The summed E-state index contributed by atoms with van der Waals surface area (Å²) in [4.78, 5) is 15.2. The van der Waals surface area contributed by atoms with Gasteiger partial charge in [-0.05, 0) is 85.7 Å². The molecule has 35 heavy (non-hydrogen) atoms. The van der Waals surface area contributed by atoms with E-state index in [2.05, 4.69) is 0 Å². The molecular weight excluding hydrogens is 467 g/mol. The van der Waals surface area contributed by atoms with E-state index in [-0.39, 0.29) is 27.9 Å². The van der Waals surface area contributed by atoms with Crippen LogP contribution in [-0.2, 0) is 22.9 Å². The van der Waals surface area contributed by atoms with Crippen molar-refractivity contribution in [2.24, 2.45) is 0 Å². The van der Waals surface area contributed by atoms with Gasteiger partial charge in [0.05, 0.1) is 18.5 Å². The lowest BCUT2D eigenvalue weighted by Gasteiger charge is -2.32. The number of ether oxygens (including phenoxy) is 1. The van der Waals surface area contributed by atoms with E-state index in [1.54, 1.807) is 24.0 Å². The molecule has 0 fully saturated rings. The van der Waals surface area contributed by atoms with Crippen LogP contribution in [-0.4, -0.2) is 34.5 Å². The van der Waals surface area contributed by atoms with Crippen molar-refractivity contribution >= 4 is 27.3 Å². The molecule has 5 rings (SSSR count). The van der Waals surface area contributed by atoms with Gasteiger partial charge in [-0.15, -0.1) is 0 Å². The van der Waals surface area contributed by atoms with Gasteiger partial charge in [-0.25, -0.2) is 12.8 Å². The first-order chi connectivity index (χ1) is 16.8. The number of sulfonamides is 1. The standard InChI is InChI=1S/C27H27FN2O4S/c1-18-15-22(28)16-20-9-5-13-29(26(18)20)27(31)21-11-12-24(34-2)25(17-21)35(32,33)30-14-6-8-19-7-3-4-10-23(19)30/h3-4,7,10-12,15-17H,5-6,8-9,13-14H2,1-2H3. The molecule has 3 aromatic rings. The Hall–Kier alpha value is -3.39. The van der Waals surface area contributed by atoms with Crippen LogP contribution in [0.3, 0.4) is 0 Å². The molecule has 0 unspecified atom stereocenters. The van der Waals surface area contributed by atoms with Crippen LogP contribution in [0.2, 0.25) is 0 Å². The smallest absolute Gasteiger partial charge is 0.268 e. The molecule has 0 aromatic heterocycles. The van der Waals surface area contributed by atoms with E-state index >= 15 is 0 Å². The number of nitrogens with zero attached hydrogens (tertiary/aromatic N) is 2. The average Bonchev–Trinajstić information content (AvgIpc) is 2.87. The summed E-state index contributed by atoms with van der Waals surface area (Å²) < 4.78 is 48.5. The summed E-state index contributed by atoms with van der Waals surface area (Å²) in [5.74, 6) is -0.462. The Kier molecular flexibility index (Phi) is 6.01. The molecule has 0 radical (unpaired) electrons. The van der Waals surface area contributed by atoms with E-state index in [4.69, 9.17) is 4.74 Å². The molecule has 3 aromatic carbocycles. The first kappa shape index (κ1) is 23.4. The molecule has 2 aliphatic rings. The van der Waals surface area contributed by atoms with Gasteiger partial charge in [0, 0.05) is 18.7 Å². The number of fused-ring (bicyclic) bond motifs is 2. The Balaban J connectivity index is 1.57. The maximum absolute atomic E-state index is 14.0. The molecule has 0 atom stereocenters. The van der Waals surface area contributed by atoms with E-state index in [1.165, 1.54) is 35.7 Å². The topological polar surface area (TPSA) is 66.9 Å². The normalized spacial score (nSPS) is 15.4. The minimum atomic E-state index is -3.99. The molecule has 0 spiro atoms. The van der Waals surface area contributed by atoms with Crippen LogP contribution in [0.4, 0.5) is 15.8 Å². The Bertz CT molecular complexity index is 1420. The Morgan fingerprint density at radius 1 is 0.971 bits per heavy atom. The number of anilines is 2. The molecule has 1 amide bonds. The van der Waals surface area contributed by atoms with Gasteiger partial charge in [0.2, 0.25) is 0 Å². The average molecular weight is 495 g/mol. The summed E-state index contributed by atoms with van der Waals surface area (Å²) in [5.41, 5.74) is 4.04. The van der Waals surface area contributed by atoms with Crippen molar-refractivity contribution in [3.8, 4) is 5.75 Å². The summed E-state index contributed by atoms with van der Waals surface area (Å²) in [6, 6.07) is 14.9. The lowest BCUT2D eigenvalue weighted by molar-refractivity contribution is 0.0984. The maximum atomic E-state index is 14.0. The number of carbonyl (C=O) groups is 1. The van der Waals surface area contributed by atoms with Gasteiger partial charge in [0.25, 0.3) is 15.9 Å². The van der Waals surface area contributed by atoms with Crippen molar-refractivity contribution in [1.29, 1.82) is 0 Å². The fourth-order valence-corrected chi connectivity index (χ4v) is 6.88. The number of benzene rings is 3. The molecule has 0 aliphatic carbocycles. The maximum Gasteiger partial charge on any atom is 0.268 e. The van der Waals surface area contributed by atoms with E-state index in [0.717, 1.165) is 17.5 Å². The van der Waals surface area contributed by atoms with Gasteiger partial charge >= 0.3 is 0 Å². The highest BCUT2D eigenvalue weighted by Crippen LogP contribution is 2.37. The van der Waals surface area contributed by atoms with Crippen molar-refractivity contribution in [3.05, 3.63) is 82.7 Å². The summed E-state index contributed by atoms with van der Waals surface area (Å²) >= 11 is 0. The highest BCUT2D eigenvalue weighted by Gasteiger charge is 2.33. The Morgan fingerprint density at radius 3 is 2.51 bits per heavy atom. The van der Waals surface area contributed by atoms with Gasteiger partial charge < -0.3 is 9.64 Å². The van der Waals surface area contributed by atoms with Crippen LogP contribution in [0.15, 0.2) is 59.5 Å². The van der Waals surface area contributed by atoms with Gasteiger partial charge in [-0.3, -0.25) is 9.10 Å². The van der Waals surface area contributed by atoms with Crippen LogP contribution >= 0.6 is 0 Å². The lowest BCUT2D eigenvalue weighted by atomic mass is 9.97. The molecule has 8 heteroatoms. The van der Waals surface area contributed by atoms with Gasteiger partial charge in [0.15, 0.2) is 0 Å². The Labute approximate surface area is 205 Å². The number of hydrogen-bond donors (Lipinski definition) is 0. The first-order valence-electron chi connectivity index (χ1n) is 11.7. The van der Waals surface area contributed by atoms with E-state index < -0.39 is 10.0 Å². The zero-order valence-electron chi connectivity index (χ0n) is 19.8. The quantitative estimate of drug-likeness (QED) is 0.519. The second-order valence-corrected chi connectivity index (χ2v) is 10.8. The third-order valence-electron chi connectivity index (χ3n) is 6.73. The fourth-order valence-electron chi connectivity index (χ4n) is 5.16. The lowest BCUT2D eigenvalue weighted by Crippen LogP contribution is -2.37. The molecular formula is C27H27FN2O4S. The number of carbonyl (C=O) groups excluding carboxylic acids is 1. The van der Waals surface area contributed by atoms with Crippen molar-refractivity contribution in [2.45, 2.75) is 37.5 Å². The number of hydrogen-bond acceptors (Lipinski definition) is 4. The van der Waals surface area contributed by atoms with E-state index in [0.29, 0.717) is 49.3 Å². The predicted octanol–water partition coefficient (Wildman–Crippen LogP) is 4.88. The van der Waals surface area contributed by atoms with Crippen molar-refractivity contribution in [1.82, 2.24) is 0 Å². The number of para-hydroxylation sites is 1. The second-order valence-electron chi connectivity index (χ2n) is 8.97. The minimum Gasteiger partial charge on any atom is -0.495 e. The van der Waals surface area contributed by atoms with Crippen LogP contribution in [0.5, 0.6) is 5.75 Å². The summed E-state index contributed by atoms with van der Waals surface area (Å²) in [5, 5.41) is 0. The van der Waals surface area contributed by atoms with E-state index in [1.807, 2.05) is 18.2 Å². The number of methoxy groups -OCH3 is 1. The summed E-state index contributed by atoms with van der Waals surface area (Å²) in [7, 11) is -2.58. The van der Waals surface area contributed by atoms with Gasteiger partial charge in [-0.2, -0.15) is 0 Å². The zero-order chi connectivity index (χ0) is 24.7. The van der Waals surface area contributed by atoms with Gasteiger partial charge in [0.1, 0.15) is 16.5 Å². The van der Waals surface area contributed by atoms with Crippen LogP contribution in [0.1, 0.15) is 39.9 Å². The number of rotatable bonds is 4. The first-order valence-corrected chi connectivity index (χ1v) is 13.1. The molecule has 0 saturated heterocycles. The van der Waals surface area contributed by atoms with Gasteiger partial charge in [-0.1, -0.05) is 18.2 Å². The fraction of sp³-hybridized carbons (Fsp3) is 0.296. The number of amides is 1. The zero-order valence-corrected chi connectivity index (χ0v) is 20.6. The van der Waals surface area contributed by atoms with Crippen LogP contribution < -0.4 is 13.9 Å². The van der Waals surface area contributed by atoms with E-state index in [9.17, 15) is 17.6 Å². The van der Waals surface area contributed by atoms with Crippen LogP contribution in [0.25, 0.3) is 0 Å². The number of halogens is 1. The third kappa shape index (κ3) is 4.05. The predicted molar refractivity (Wildman–Crippen MR) is 133 cm³/mol. The molecule has 2 heterocycles. The van der Waals surface area contributed by atoms with Crippen LogP contribution in [0, 0.1) is 12.7 Å². The summed E-state index contributed by atoms with van der Waals surface area (Å²) in [6.07, 6.45) is 2.91.